The molecule has 134 valence electrons. The number of likely N-dealkylation sites (N-methyl/N-ethyl adjacent to an activating group) is 1. The maximum atomic E-state index is 12.6. The van der Waals surface area contributed by atoms with E-state index in [0.717, 1.165) is 0 Å². The first-order chi connectivity index (χ1) is 11.4. The van der Waals surface area contributed by atoms with Crippen LogP contribution in [0.3, 0.4) is 0 Å². The van der Waals surface area contributed by atoms with Gasteiger partial charge in [-0.2, -0.15) is 0 Å². The van der Waals surface area contributed by atoms with Crippen molar-refractivity contribution in [3.8, 4) is 0 Å². The molecular formula is C14H22N4O5S. The van der Waals surface area contributed by atoms with E-state index < -0.39 is 21.2 Å². The number of methoxy groups -OCH3 is 1. The smallest absolute Gasteiger partial charge is 0.356 e. The van der Waals surface area contributed by atoms with Crippen LogP contribution in [0.2, 0.25) is 0 Å². The van der Waals surface area contributed by atoms with Crippen LogP contribution in [0.1, 0.15) is 23.3 Å². The Labute approximate surface area is 141 Å². The Morgan fingerprint density at radius 1 is 1.46 bits per heavy atom. The summed E-state index contributed by atoms with van der Waals surface area (Å²) in [6.07, 6.45) is 3.84. The maximum absolute atomic E-state index is 12.6. The number of hydrogen-bond donors (Lipinski definition) is 1. The second-order valence-electron chi connectivity index (χ2n) is 5.63. The molecule has 1 aliphatic heterocycles. The number of hydrogen-bond acceptors (Lipinski definition) is 7. The molecule has 0 aromatic carbocycles. The largest absolute Gasteiger partial charge is 0.476 e. The van der Waals surface area contributed by atoms with Crippen LogP contribution in [0.15, 0.2) is 12.4 Å². The molecule has 1 aliphatic rings. The summed E-state index contributed by atoms with van der Waals surface area (Å²) in [5.74, 6) is -0.660. The minimum Gasteiger partial charge on any atom is -0.476 e. The lowest BCUT2D eigenvalue weighted by Gasteiger charge is -2.34. The van der Waals surface area contributed by atoms with E-state index in [1.165, 1.54) is 23.8 Å². The molecule has 1 saturated heterocycles. The summed E-state index contributed by atoms with van der Waals surface area (Å²) < 4.78 is 31.5. The Kier molecular flexibility index (Phi) is 6.08. The highest BCUT2D eigenvalue weighted by Crippen LogP contribution is 2.23. The molecule has 0 bridgehead atoms. The normalized spacial score (nSPS) is 18.8. The second-order valence-corrected chi connectivity index (χ2v) is 7.95. The van der Waals surface area contributed by atoms with Gasteiger partial charge in [0, 0.05) is 33.8 Å². The Hall–Kier alpha value is -1.78. The van der Waals surface area contributed by atoms with E-state index in [4.69, 9.17) is 9.84 Å². The molecule has 1 atom stereocenters. The number of aromatic nitrogens is 2. The van der Waals surface area contributed by atoms with Gasteiger partial charge in [0.15, 0.2) is 5.69 Å². The number of carbonyl (C=O) groups is 1. The van der Waals surface area contributed by atoms with Crippen LogP contribution < -0.4 is 4.90 Å². The molecule has 2 heterocycles. The van der Waals surface area contributed by atoms with Crippen molar-refractivity contribution in [1.82, 2.24) is 14.3 Å². The van der Waals surface area contributed by atoms with Crippen molar-refractivity contribution in [1.29, 1.82) is 0 Å². The van der Waals surface area contributed by atoms with Gasteiger partial charge >= 0.3 is 5.97 Å². The lowest BCUT2D eigenvalue weighted by molar-refractivity contribution is 0.0690. The zero-order valence-electron chi connectivity index (χ0n) is 13.8. The zero-order valence-corrected chi connectivity index (χ0v) is 14.6. The number of sulfonamides is 1. The highest BCUT2D eigenvalue weighted by Gasteiger charge is 2.34. The van der Waals surface area contributed by atoms with Crippen LogP contribution in [-0.4, -0.2) is 79.4 Å². The number of aromatic carboxylic acids is 1. The molecule has 0 saturated carbocycles. The van der Waals surface area contributed by atoms with Gasteiger partial charge in [0.25, 0.3) is 0 Å². The molecule has 0 amide bonds. The fourth-order valence-electron chi connectivity index (χ4n) is 2.59. The molecule has 10 heteroatoms. The summed E-state index contributed by atoms with van der Waals surface area (Å²) in [5.41, 5.74) is -0.140. The van der Waals surface area contributed by atoms with Gasteiger partial charge in [0.05, 0.1) is 24.3 Å². The molecule has 1 fully saturated rings. The van der Waals surface area contributed by atoms with Crippen molar-refractivity contribution in [2.75, 3.05) is 45.3 Å². The van der Waals surface area contributed by atoms with Crippen LogP contribution in [0.25, 0.3) is 0 Å². The van der Waals surface area contributed by atoms with Gasteiger partial charge in [-0.25, -0.2) is 27.5 Å². The van der Waals surface area contributed by atoms with Gasteiger partial charge in [-0.05, 0) is 12.8 Å². The average molecular weight is 358 g/mol. The van der Waals surface area contributed by atoms with E-state index in [-0.39, 0.29) is 5.69 Å². The number of nitrogens with zero attached hydrogens (tertiary/aromatic N) is 4. The van der Waals surface area contributed by atoms with Crippen molar-refractivity contribution >= 4 is 21.8 Å². The van der Waals surface area contributed by atoms with Crippen LogP contribution in [0, 0.1) is 0 Å². The van der Waals surface area contributed by atoms with Gasteiger partial charge in [-0.1, -0.05) is 0 Å². The Morgan fingerprint density at radius 2 is 2.21 bits per heavy atom. The van der Waals surface area contributed by atoms with Gasteiger partial charge in [-0.15, -0.1) is 0 Å². The van der Waals surface area contributed by atoms with Crippen LogP contribution in [0.4, 0.5) is 5.82 Å². The van der Waals surface area contributed by atoms with E-state index in [1.54, 1.807) is 7.05 Å². The molecule has 1 aromatic rings. The summed E-state index contributed by atoms with van der Waals surface area (Å²) in [4.78, 5) is 20.6. The first-order valence-corrected chi connectivity index (χ1v) is 9.11. The van der Waals surface area contributed by atoms with Crippen molar-refractivity contribution in [2.45, 2.75) is 18.1 Å². The standard InChI is InChI=1S/C14H22N4O5S/c1-17(6-7-23-2)24(21,22)11-4-3-5-18(10-11)13-9-15-12(8-16-13)14(19)20/h8-9,11H,3-7,10H2,1-2H3,(H,19,20). The van der Waals surface area contributed by atoms with Crippen molar-refractivity contribution in [2.24, 2.45) is 0 Å². The predicted octanol–water partition coefficient (Wildman–Crippen LogP) is 0.0516. The predicted molar refractivity (Wildman–Crippen MR) is 87.7 cm³/mol. The number of piperidine rings is 1. The molecule has 1 unspecified atom stereocenters. The van der Waals surface area contributed by atoms with E-state index in [9.17, 15) is 13.2 Å². The summed E-state index contributed by atoms with van der Waals surface area (Å²) in [7, 11) is -0.347. The Balaban J connectivity index is 2.09. The summed E-state index contributed by atoms with van der Waals surface area (Å²) in [5, 5.41) is 8.32. The Morgan fingerprint density at radius 3 is 2.79 bits per heavy atom. The van der Waals surface area contributed by atoms with E-state index in [1.807, 2.05) is 4.90 Å². The highest BCUT2D eigenvalue weighted by atomic mass is 32.2. The fourth-order valence-corrected chi connectivity index (χ4v) is 4.26. The Bertz CT molecular complexity index is 664. The second kappa shape index (κ2) is 7.86. The number of rotatable bonds is 7. The number of carboxylic acid groups (broad SMARTS) is 1. The van der Waals surface area contributed by atoms with Gasteiger partial charge < -0.3 is 14.7 Å². The van der Waals surface area contributed by atoms with Gasteiger partial charge in [0.1, 0.15) is 5.82 Å². The van der Waals surface area contributed by atoms with Gasteiger partial charge in [-0.3, -0.25) is 0 Å². The van der Waals surface area contributed by atoms with Crippen LogP contribution in [-0.2, 0) is 14.8 Å². The average Bonchev–Trinajstić information content (AvgIpc) is 2.59. The number of anilines is 1. The first kappa shape index (κ1) is 18.6. The SMILES string of the molecule is COCCN(C)S(=O)(=O)C1CCCN(c2cnc(C(=O)O)cn2)C1. The molecule has 0 spiro atoms. The fraction of sp³-hybridized carbons (Fsp3) is 0.643. The third-order valence-electron chi connectivity index (χ3n) is 4.03. The molecule has 24 heavy (non-hydrogen) atoms. The molecule has 0 aliphatic carbocycles. The van der Waals surface area contributed by atoms with Crippen molar-refractivity contribution in [3.05, 3.63) is 18.1 Å². The summed E-state index contributed by atoms with van der Waals surface area (Å²) in [6.45, 7) is 1.62. The lowest BCUT2D eigenvalue weighted by Crippen LogP contribution is -2.47. The highest BCUT2D eigenvalue weighted by molar-refractivity contribution is 7.89. The molecule has 2 rings (SSSR count). The lowest BCUT2D eigenvalue weighted by atomic mass is 10.1. The zero-order chi connectivity index (χ0) is 17.7. The van der Waals surface area contributed by atoms with Crippen LogP contribution >= 0.6 is 0 Å². The molecule has 0 radical (unpaired) electrons. The topological polar surface area (TPSA) is 113 Å². The first-order valence-electron chi connectivity index (χ1n) is 7.60. The third-order valence-corrected chi connectivity index (χ3v) is 6.30. The van der Waals surface area contributed by atoms with Crippen LogP contribution in [0.5, 0.6) is 0 Å². The van der Waals surface area contributed by atoms with E-state index in [2.05, 4.69) is 9.97 Å². The minimum absolute atomic E-state index is 0.140. The monoisotopic (exact) mass is 358 g/mol. The number of carboxylic acids is 1. The van der Waals surface area contributed by atoms with Gasteiger partial charge in [0.2, 0.25) is 10.0 Å². The molecule has 9 nitrogen and oxygen atoms in total. The molecule has 1 N–H and O–H groups in total. The van der Waals surface area contributed by atoms with Crippen molar-refractivity contribution in [3.63, 3.8) is 0 Å². The minimum atomic E-state index is -3.43. The van der Waals surface area contributed by atoms with Crippen molar-refractivity contribution < 1.29 is 23.1 Å². The maximum Gasteiger partial charge on any atom is 0.356 e. The summed E-state index contributed by atoms with van der Waals surface area (Å²) in [6, 6.07) is 0. The van der Waals surface area contributed by atoms with E-state index in [0.29, 0.717) is 44.9 Å². The third kappa shape index (κ3) is 4.19. The number of ether oxygens (including phenoxy) is 1. The quantitative estimate of drug-likeness (QED) is 0.727. The molecule has 1 aromatic heterocycles. The van der Waals surface area contributed by atoms with E-state index >= 15 is 0 Å². The summed E-state index contributed by atoms with van der Waals surface area (Å²) >= 11 is 0. The molecular weight excluding hydrogens is 336 g/mol.